The van der Waals surface area contributed by atoms with Crippen LogP contribution in [0.15, 0.2) is 59.7 Å². The highest BCUT2D eigenvalue weighted by atomic mass is 19.1. The molecule has 2 N–H and O–H groups in total. The van der Waals surface area contributed by atoms with E-state index in [0.29, 0.717) is 5.92 Å². The fourth-order valence-corrected chi connectivity index (χ4v) is 3.07. The minimum absolute atomic E-state index is 0.166. The molecule has 2 unspecified atom stereocenters. The number of halogens is 1. The van der Waals surface area contributed by atoms with E-state index in [4.69, 9.17) is 4.42 Å². The molecule has 5 heteroatoms. The van der Waals surface area contributed by atoms with Crippen LogP contribution in [0.5, 0.6) is 0 Å². The van der Waals surface area contributed by atoms with E-state index in [9.17, 15) is 4.39 Å². The Kier molecular flexibility index (Phi) is 5.23. The van der Waals surface area contributed by atoms with Crippen LogP contribution >= 0.6 is 0 Å². The van der Waals surface area contributed by atoms with E-state index in [2.05, 4.69) is 22.3 Å². The first-order valence-electron chi connectivity index (χ1n) is 7.85. The van der Waals surface area contributed by atoms with Gasteiger partial charge in [-0.15, -0.1) is 6.58 Å². The zero-order valence-corrected chi connectivity index (χ0v) is 13.0. The lowest BCUT2D eigenvalue weighted by Crippen LogP contribution is -2.32. The van der Waals surface area contributed by atoms with Crippen LogP contribution in [-0.2, 0) is 6.54 Å². The highest BCUT2D eigenvalue weighted by Crippen LogP contribution is 2.26. The third kappa shape index (κ3) is 4.07. The number of hydrazine groups is 1. The van der Waals surface area contributed by atoms with Crippen LogP contribution in [0, 0.1) is 11.7 Å². The summed E-state index contributed by atoms with van der Waals surface area (Å²) in [4.78, 5) is 2.31. The standard InChI is InChI=1S/C18H22FN3O/c1-2-9-22(13-17-4-3-10-23-17)12-15-11-20-21-18(15)14-5-7-16(19)8-6-14/h2-8,10,15,18,20-21H,1,9,11-13H2. The topological polar surface area (TPSA) is 40.4 Å². The first-order chi connectivity index (χ1) is 11.3. The maximum atomic E-state index is 13.1. The number of hydrogen-bond donors (Lipinski definition) is 2. The molecule has 122 valence electrons. The van der Waals surface area contributed by atoms with Crippen molar-refractivity contribution in [3.63, 3.8) is 0 Å². The molecule has 1 aromatic heterocycles. The van der Waals surface area contributed by atoms with Crippen molar-refractivity contribution in [1.29, 1.82) is 0 Å². The van der Waals surface area contributed by atoms with Crippen LogP contribution < -0.4 is 10.9 Å². The summed E-state index contributed by atoms with van der Waals surface area (Å²) >= 11 is 0. The molecule has 23 heavy (non-hydrogen) atoms. The zero-order valence-electron chi connectivity index (χ0n) is 13.0. The molecule has 0 spiro atoms. The van der Waals surface area contributed by atoms with Gasteiger partial charge in [0.25, 0.3) is 0 Å². The third-order valence-electron chi connectivity index (χ3n) is 4.16. The molecule has 0 amide bonds. The molecule has 1 fully saturated rings. The molecule has 1 aliphatic heterocycles. The predicted octanol–water partition coefficient (Wildman–Crippen LogP) is 2.87. The number of furan rings is 1. The Balaban J connectivity index is 1.68. The Morgan fingerprint density at radius 3 is 2.83 bits per heavy atom. The van der Waals surface area contributed by atoms with E-state index >= 15 is 0 Å². The lowest BCUT2D eigenvalue weighted by molar-refractivity contribution is 0.222. The molecule has 2 aromatic rings. The molecule has 3 rings (SSSR count). The lowest BCUT2D eigenvalue weighted by Gasteiger charge is -2.26. The predicted molar refractivity (Wildman–Crippen MR) is 88.0 cm³/mol. The maximum absolute atomic E-state index is 13.1. The average Bonchev–Trinajstić information content (AvgIpc) is 3.20. The smallest absolute Gasteiger partial charge is 0.123 e. The molecule has 4 nitrogen and oxygen atoms in total. The van der Waals surface area contributed by atoms with Gasteiger partial charge in [-0.25, -0.2) is 9.82 Å². The summed E-state index contributed by atoms with van der Waals surface area (Å²) in [5, 5.41) is 0. The Morgan fingerprint density at radius 1 is 1.30 bits per heavy atom. The van der Waals surface area contributed by atoms with E-state index in [1.165, 1.54) is 12.1 Å². The molecule has 1 saturated heterocycles. The summed E-state index contributed by atoms with van der Waals surface area (Å²) in [6.45, 7) is 7.17. The zero-order chi connectivity index (χ0) is 16.1. The SMILES string of the molecule is C=CCN(Cc1ccco1)CC1CNNC1c1ccc(F)cc1. The van der Waals surface area contributed by atoms with Crippen molar-refractivity contribution in [2.24, 2.45) is 5.92 Å². The van der Waals surface area contributed by atoms with Gasteiger partial charge in [-0.2, -0.15) is 0 Å². The van der Waals surface area contributed by atoms with E-state index < -0.39 is 0 Å². The largest absolute Gasteiger partial charge is 0.468 e. The monoisotopic (exact) mass is 315 g/mol. The van der Waals surface area contributed by atoms with Gasteiger partial charge in [0.15, 0.2) is 0 Å². The minimum atomic E-state index is -0.206. The second-order valence-corrected chi connectivity index (χ2v) is 5.88. The van der Waals surface area contributed by atoms with Crippen LogP contribution in [0.25, 0.3) is 0 Å². The number of hydrogen-bond acceptors (Lipinski definition) is 4. The Bertz CT molecular complexity index is 612. The number of benzene rings is 1. The summed E-state index contributed by atoms with van der Waals surface area (Å²) < 4.78 is 18.6. The maximum Gasteiger partial charge on any atom is 0.123 e. The quantitative estimate of drug-likeness (QED) is 0.771. The highest BCUT2D eigenvalue weighted by molar-refractivity contribution is 5.21. The fraction of sp³-hybridized carbons (Fsp3) is 0.333. The third-order valence-corrected chi connectivity index (χ3v) is 4.16. The van der Waals surface area contributed by atoms with Gasteiger partial charge < -0.3 is 4.42 Å². The summed E-state index contributed by atoms with van der Waals surface area (Å²) in [6, 6.07) is 10.8. The molecular formula is C18H22FN3O. The second kappa shape index (κ2) is 7.55. The molecule has 0 bridgehead atoms. The van der Waals surface area contributed by atoms with Gasteiger partial charge in [-0.1, -0.05) is 18.2 Å². The van der Waals surface area contributed by atoms with Crippen molar-refractivity contribution in [1.82, 2.24) is 15.8 Å². The normalized spacial score (nSPS) is 21.0. The first kappa shape index (κ1) is 15.9. The van der Waals surface area contributed by atoms with Gasteiger partial charge in [0.1, 0.15) is 11.6 Å². The van der Waals surface area contributed by atoms with E-state index in [1.807, 2.05) is 30.3 Å². The van der Waals surface area contributed by atoms with Crippen LogP contribution in [0.1, 0.15) is 17.4 Å². The lowest BCUT2D eigenvalue weighted by atomic mass is 9.94. The fourth-order valence-electron chi connectivity index (χ4n) is 3.07. The summed E-state index contributed by atoms with van der Waals surface area (Å²) in [5.74, 6) is 1.13. The van der Waals surface area contributed by atoms with Crippen molar-refractivity contribution in [3.8, 4) is 0 Å². The van der Waals surface area contributed by atoms with Crippen LogP contribution in [0.4, 0.5) is 4.39 Å². The molecule has 0 radical (unpaired) electrons. The van der Waals surface area contributed by atoms with Crippen LogP contribution in [-0.4, -0.2) is 24.5 Å². The van der Waals surface area contributed by atoms with Crippen molar-refractivity contribution in [3.05, 3.63) is 72.5 Å². The molecule has 1 aromatic carbocycles. The number of rotatable bonds is 7. The first-order valence-corrected chi connectivity index (χ1v) is 7.85. The van der Waals surface area contributed by atoms with Crippen molar-refractivity contribution >= 4 is 0 Å². The summed E-state index contributed by atoms with van der Waals surface area (Å²) in [6.07, 6.45) is 3.60. The molecule has 0 saturated carbocycles. The Morgan fingerprint density at radius 2 is 2.13 bits per heavy atom. The minimum Gasteiger partial charge on any atom is -0.468 e. The highest BCUT2D eigenvalue weighted by Gasteiger charge is 2.29. The van der Waals surface area contributed by atoms with Gasteiger partial charge >= 0.3 is 0 Å². The van der Waals surface area contributed by atoms with Gasteiger partial charge in [-0.05, 0) is 29.8 Å². The summed E-state index contributed by atoms with van der Waals surface area (Å²) in [7, 11) is 0. The number of nitrogens with one attached hydrogen (secondary N) is 2. The van der Waals surface area contributed by atoms with Crippen molar-refractivity contribution in [2.75, 3.05) is 19.6 Å². The van der Waals surface area contributed by atoms with Gasteiger partial charge in [-0.3, -0.25) is 10.3 Å². The number of nitrogens with zero attached hydrogens (tertiary/aromatic N) is 1. The van der Waals surface area contributed by atoms with Crippen molar-refractivity contribution < 1.29 is 8.81 Å². The van der Waals surface area contributed by atoms with Gasteiger partial charge in [0.2, 0.25) is 0 Å². The average molecular weight is 315 g/mol. The molecule has 2 heterocycles. The van der Waals surface area contributed by atoms with Gasteiger partial charge in [0, 0.05) is 25.6 Å². The van der Waals surface area contributed by atoms with Crippen molar-refractivity contribution in [2.45, 2.75) is 12.6 Å². The molecule has 1 aliphatic rings. The van der Waals surface area contributed by atoms with E-state index in [1.54, 1.807) is 6.26 Å². The molecular weight excluding hydrogens is 293 g/mol. The van der Waals surface area contributed by atoms with E-state index in [0.717, 1.165) is 37.5 Å². The summed E-state index contributed by atoms with van der Waals surface area (Å²) in [5.41, 5.74) is 7.62. The molecule has 2 atom stereocenters. The Labute approximate surface area is 136 Å². The second-order valence-electron chi connectivity index (χ2n) is 5.88. The van der Waals surface area contributed by atoms with Gasteiger partial charge in [0.05, 0.1) is 18.8 Å². The Hall–Kier alpha value is -1.95. The molecule has 0 aliphatic carbocycles. The van der Waals surface area contributed by atoms with Crippen LogP contribution in [0.3, 0.4) is 0 Å². The van der Waals surface area contributed by atoms with Crippen LogP contribution in [0.2, 0.25) is 0 Å². The van der Waals surface area contributed by atoms with E-state index in [-0.39, 0.29) is 11.9 Å².